The normalized spacial score (nSPS) is 50.5. The number of hydrogen-bond acceptors (Lipinski definition) is 5. The Morgan fingerprint density at radius 2 is 2.04 bits per heavy atom. The Morgan fingerprint density at radius 1 is 1.18 bits per heavy atom. The van der Waals surface area contributed by atoms with Gasteiger partial charge in [-0.15, -0.1) is 0 Å². The second-order valence-electron chi connectivity index (χ2n) is 10.7. The third kappa shape index (κ3) is 2.80. The van der Waals surface area contributed by atoms with E-state index in [9.17, 15) is 9.90 Å². The lowest BCUT2D eigenvalue weighted by molar-refractivity contribution is -0.153. The number of aliphatic hydroxyl groups is 1. The molecule has 1 aliphatic heterocycles. The lowest BCUT2D eigenvalue weighted by Crippen LogP contribution is -2.57. The zero-order valence-electron chi connectivity index (χ0n) is 17.4. The summed E-state index contributed by atoms with van der Waals surface area (Å²) in [5.41, 5.74) is 4.49. The predicted molar refractivity (Wildman–Crippen MR) is 107 cm³/mol. The molecule has 5 rings (SSSR count). The molecule has 5 heteroatoms. The van der Waals surface area contributed by atoms with Crippen LogP contribution in [0.2, 0.25) is 0 Å². The van der Waals surface area contributed by atoms with E-state index in [0.717, 1.165) is 64.5 Å². The molecule has 3 saturated carbocycles. The van der Waals surface area contributed by atoms with Crippen LogP contribution in [0.15, 0.2) is 11.8 Å². The highest BCUT2D eigenvalue weighted by Crippen LogP contribution is 2.64. The summed E-state index contributed by atoms with van der Waals surface area (Å²) in [7, 11) is 0. The van der Waals surface area contributed by atoms with Crippen molar-refractivity contribution in [3.8, 4) is 0 Å². The average molecular weight is 389 g/mol. The number of Topliss-reactive ketones (excluding diaryl/α,β-unsaturated/α-hetero) is 1. The highest BCUT2D eigenvalue weighted by molar-refractivity contribution is 5.87. The zero-order chi connectivity index (χ0) is 19.5. The molecule has 28 heavy (non-hydrogen) atoms. The van der Waals surface area contributed by atoms with Crippen LogP contribution in [0.25, 0.3) is 0 Å². The molecule has 4 aliphatic carbocycles. The Bertz CT molecular complexity index is 673. The first-order valence-corrected chi connectivity index (χ1v) is 11.5. The van der Waals surface area contributed by atoms with Crippen molar-refractivity contribution in [2.45, 2.75) is 77.4 Å². The van der Waals surface area contributed by atoms with Crippen molar-refractivity contribution >= 4 is 5.78 Å². The molecule has 0 radical (unpaired) electrons. The minimum atomic E-state index is -0.283. The second-order valence-corrected chi connectivity index (χ2v) is 10.7. The Labute approximate surface area is 168 Å². The summed E-state index contributed by atoms with van der Waals surface area (Å²) in [6.07, 6.45) is 10.2. The molecule has 5 nitrogen and oxygen atoms in total. The van der Waals surface area contributed by atoms with Gasteiger partial charge in [-0.1, -0.05) is 19.9 Å². The first-order chi connectivity index (χ1) is 13.4. The maximum atomic E-state index is 12.6. The molecule has 0 aromatic rings. The summed E-state index contributed by atoms with van der Waals surface area (Å²) < 4.78 is 0. The molecule has 0 spiro atoms. The molecule has 0 bridgehead atoms. The van der Waals surface area contributed by atoms with Crippen LogP contribution in [-0.4, -0.2) is 36.2 Å². The van der Waals surface area contributed by atoms with Gasteiger partial charge in [0.05, 0.1) is 12.2 Å². The minimum Gasteiger partial charge on any atom is -0.393 e. The van der Waals surface area contributed by atoms with E-state index in [1.807, 2.05) is 0 Å². The van der Waals surface area contributed by atoms with Crippen LogP contribution in [0.5, 0.6) is 0 Å². The molecule has 0 aromatic carbocycles. The summed E-state index contributed by atoms with van der Waals surface area (Å²) in [5, 5.41) is 14.5. The van der Waals surface area contributed by atoms with Crippen LogP contribution in [0.3, 0.4) is 0 Å². The van der Waals surface area contributed by atoms with Crippen LogP contribution in [0, 0.1) is 34.5 Å². The Kier molecular flexibility index (Phi) is 4.64. The molecular formula is C23H36N2O3. The van der Waals surface area contributed by atoms with Crippen LogP contribution >= 0.6 is 0 Å². The van der Waals surface area contributed by atoms with Gasteiger partial charge in [0.25, 0.3) is 0 Å². The van der Waals surface area contributed by atoms with Crippen LogP contribution in [0.4, 0.5) is 0 Å². The molecular weight excluding hydrogens is 352 g/mol. The van der Waals surface area contributed by atoms with E-state index in [-0.39, 0.29) is 23.0 Å². The highest BCUT2D eigenvalue weighted by Gasteiger charge is 2.62. The molecule has 4 fully saturated rings. The van der Waals surface area contributed by atoms with E-state index in [0.29, 0.717) is 29.5 Å². The zero-order valence-corrected chi connectivity index (χ0v) is 17.4. The molecule has 8 atom stereocenters. The molecule has 1 heterocycles. The van der Waals surface area contributed by atoms with Crippen molar-refractivity contribution in [3.63, 3.8) is 0 Å². The van der Waals surface area contributed by atoms with E-state index in [1.54, 1.807) is 0 Å². The first kappa shape index (κ1) is 19.1. The summed E-state index contributed by atoms with van der Waals surface area (Å²) in [5.74, 6) is 2.06. The smallest absolute Gasteiger partial charge is 0.139 e. The van der Waals surface area contributed by atoms with Gasteiger partial charge in [0.2, 0.25) is 0 Å². The highest BCUT2D eigenvalue weighted by atomic mass is 16.7. The fourth-order valence-corrected chi connectivity index (χ4v) is 7.57. The Hall–Kier alpha value is -0.910. The lowest BCUT2D eigenvalue weighted by atomic mass is 9.45. The van der Waals surface area contributed by atoms with Gasteiger partial charge < -0.3 is 10.4 Å². The van der Waals surface area contributed by atoms with Gasteiger partial charge >= 0.3 is 0 Å². The number of nitrogens with one attached hydrogen (secondary N) is 2. The van der Waals surface area contributed by atoms with Gasteiger partial charge in [-0.2, -0.15) is 0 Å². The summed E-state index contributed by atoms with van der Waals surface area (Å²) >= 11 is 0. The van der Waals surface area contributed by atoms with E-state index in [2.05, 4.69) is 30.7 Å². The quantitative estimate of drug-likeness (QED) is 0.649. The van der Waals surface area contributed by atoms with Crippen LogP contribution in [-0.2, 0) is 9.63 Å². The molecule has 1 unspecified atom stereocenters. The van der Waals surface area contributed by atoms with Crippen molar-refractivity contribution in [3.05, 3.63) is 11.8 Å². The van der Waals surface area contributed by atoms with Crippen LogP contribution < -0.4 is 10.8 Å². The monoisotopic (exact) mass is 388 g/mol. The standard InChI is InChI=1S/C23H36N2O3/c1-22-8-5-15(25-28-16-7-10-24-13-16)11-14(22)12-19(26)21-17-3-4-20(27)23(17,2)9-6-18(21)22/h11,14,16-19,21,24-26H,3-10,12-13H2,1-2H3/t14?,16-,17+,18+,19-,21+,22+,23+/m1/s1. The molecule has 156 valence electrons. The van der Waals surface area contributed by atoms with E-state index in [1.165, 1.54) is 5.70 Å². The third-order valence-corrected chi connectivity index (χ3v) is 9.38. The number of fused-ring (bicyclic) bond motifs is 5. The van der Waals surface area contributed by atoms with E-state index in [4.69, 9.17) is 4.84 Å². The topological polar surface area (TPSA) is 70.6 Å². The predicted octanol–water partition coefficient (Wildman–Crippen LogP) is 2.95. The number of carbonyl (C=O) groups excluding carboxylic acids is 1. The second kappa shape index (κ2) is 6.82. The number of carbonyl (C=O) groups is 1. The molecule has 0 aromatic heterocycles. The van der Waals surface area contributed by atoms with Crippen molar-refractivity contribution < 1.29 is 14.7 Å². The van der Waals surface area contributed by atoms with Crippen molar-refractivity contribution in [2.75, 3.05) is 13.1 Å². The Balaban J connectivity index is 1.34. The van der Waals surface area contributed by atoms with E-state index >= 15 is 0 Å². The molecule has 0 amide bonds. The number of hydroxylamine groups is 1. The van der Waals surface area contributed by atoms with Crippen LogP contribution in [0.1, 0.15) is 65.2 Å². The maximum Gasteiger partial charge on any atom is 0.139 e. The SMILES string of the molecule is C[C@]12CCC(NO[C@@H]3CCNC3)=CC1C[C@@H](O)[C@@H]1[C@@H]2CC[C@]2(C)C(=O)CC[C@@H]12. The fraction of sp³-hybridized carbons (Fsp3) is 0.870. The van der Waals surface area contributed by atoms with Crippen molar-refractivity contribution in [1.82, 2.24) is 10.8 Å². The summed E-state index contributed by atoms with van der Waals surface area (Å²) in [6.45, 7) is 6.59. The van der Waals surface area contributed by atoms with Crippen molar-refractivity contribution in [2.24, 2.45) is 34.5 Å². The summed E-state index contributed by atoms with van der Waals surface area (Å²) in [6, 6.07) is 0. The van der Waals surface area contributed by atoms with E-state index < -0.39 is 0 Å². The minimum absolute atomic E-state index is 0.175. The first-order valence-electron chi connectivity index (χ1n) is 11.5. The van der Waals surface area contributed by atoms with Gasteiger partial charge in [-0.3, -0.25) is 15.1 Å². The van der Waals surface area contributed by atoms with Gasteiger partial charge in [0.15, 0.2) is 0 Å². The third-order valence-electron chi connectivity index (χ3n) is 9.38. The number of ketones is 1. The number of aliphatic hydroxyl groups excluding tert-OH is 1. The average Bonchev–Trinajstić information content (AvgIpc) is 3.29. The number of rotatable bonds is 3. The summed E-state index contributed by atoms with van der Waals surface area (Å²) in [4.78, 5) is 18.5. The Morgan fingerprint density at radius 3 is 2.82 bits per heavy atom. The maximum absolute atomic E-state index is 12.6. The number of allylic oxidation sites excluding steroid dienone is 2. The van der Waals surface area contributed by atoms with Gasteiger partial charge in [-0.05, 0) is 80.6 Å². The van der Waals surface area contributed by atoms with Gasteiger partial charge in [0.1, 0.15) is 5.78 Å². The molecule has 3 N–H and O–H groups in total. The fourth-order valence-electron chi connectivity index (χ4n) is 7.57. The van der Waals surface area contributed by atoms with Crippen molar-refractivity contribution in [1.29, 1.82) is 0 Å². The molecule has 1 saturated heterocycles. The number of hydrogen-bond donors (Lipinski definition) is 3. The molecule has 5 aliphatic rings. The largest absolute Gasteiger partial charge is 0.393 e. The lowest BCUT2D eigenvalue weighted by Gasteiger charge is -2.60. The van der Waals surface area contributed by atoms with Gasteiger partial charge in [0, 0.05) is 24.1 Å². The van der Waals surface area contributed by atoms with Gasteiger partial charge in [-0.25, -0.2) is 0 Å².